The topological polar surface area (TPSA) is 71.5 Å². The molecule has 170 valence electrons. The van der Waals surface area contributed by atoms with Crippen LogP contribution in [0.4, 0.5) is 0 Å². The molecule has 0 fully saturated rings. The van der Waals surface area contributed by atoms with E-state index >= 15 is 0 Å². The Hall–Kier alpha value is -3.35. The lowest BCUT2D eigenvalue weighted by atomic mass is 9.90. The first-order valence-corrected chi connectivity index (χ1v) is 11.6. The minimum atomic E-state index is -0.0801. The average Bonchev–Trinajstić information content (AvgIpc) is 3.24. The van der Waals surface area contributed by atoms with Crippen molar-refractivity contribution < 1.29 is 14.6 Å². The molecule has 4 rings (SSSR count). The van der Waals surface area contributed by atoms with Crippen LogP contribution in [0.1, 0.15) is 22.3 Å². The molecule has 0 radical (unpaired) electrons. The molecule has 5 nitrogen and oxygen atoms in total. The summed E-state index contributed by atoms with van der Waals surface area (Å²) in [4.78, 5) is 12.3. The first-order valence-electron chi connectivity index (χ1n) is 10.8. The molecular formula is C27H27NO4S. The number of hydrogen-bond donors (Lipinski definition) is 2. The fourth-order valence-corrected chi connectivity index (χ4v) is 4.70. The molecule has 0 atom stereocenters. The number of rotatable bonds is 8. The van der Waals surface area contributed by atoms with Gasteiger partial charge in [0, 0.05) is 6.07 Å². The summed E-state index contributed by atoms with van der Waals surface area (Å²) < 4.78 is 14.4. The zero-order valence-electron chi connectivity index (χ0n) is 19.0. The Morgan fingerprint density at radius 2 is 1.64 bits per heavy atom. The van der Waals surface area contributed by atoms with Gasteiger partial charge in [0.1, 0.15) is 24.7 Å². The molecule has 0 spiro atoms. The van der Waals surface area contributed by atoms with Crippen LogP contribution in [0.5, 0.6) is 11.5 Å². The Labute approximate surface area is 197 Å². The second-order valence-corrected chi connectivity index (χ2v) is 8.83. The minimum absolute atomic E-state index is 0.00254. The molecule has 0 saturated heterocycles. The smallest absolute Gasteiger partial charge is 0.258 e. The predicted molar refractivity (Wildman–Crippen MR) is 133 cm³/mol. The monoisotopic (exact) mass is 461 g/mol. The van der Waals surface area contributed by atoms with E-state index < -0.39 is 0 Å². The van der Waals surface area contributed by atoms with Crippen LogP contribution in [-0.4, -0.2) is 22.7 Å². The van der Waals surface area contributed by atoms with Crippen molar-refractivity contribution in [3.63, 3.8) is 0 Å². The molecule has 4 aromatic rings. The fourth-order valence-electron chi connectivity index (χ4n) is 4.01. The van der Waals surface area contributed by atoms with Crippen molar-refractivity contribution in [1.82, 2.24) is 4.37 Å². The molecule has 2 N–H and O–H groups in total. The summed E-state index contributed by atoms with van der Waals surface area (Å²) in [6.07, 6.45) is 0. The van der Waals surface area contributed by atoms with Crippen molar-refractivity contribution in [3.05, 3.63) is 93.3 Å². The zero-order chi connectivity index (χ0) is 23.4. The number of aryl methyl sites for hydroxylation is 2. The SMILES string of the molecule is Cc1cc(OCCO)cc(C)c1-c1cccc(COc2ccc(-c3cc(=O)[nH]s3)cc2)c1C. The van der Waals surface area contributed by atoms with Gasteiger partial charge in [-0.1, -0.05) is 29.7 Å². The number of aliphatic hydroxyl groups excluding tert-OH is 1. The van der Waals surface area contributed by atoms with Gasteiger partial charge in [-0.3, -0.25) is 9.17 Å². The number of ether oxygens (including phenoxy) is 2. The van der Waals surface area contributed by atoms with Crippen molar-refractivity contribution in [3.8, 4) is 33.1 Å². The third kappa shape index (κ3) is 5.18. The lowest BCUT2D eigenvalue weighted by Crippen LogP contribution is -2.03. The van der Waals surface area contributed by atoms with Gasteiger partial charge in [-0.05, 0) is 96.1 Å². The number of aromatic amines is 1. The summed E-state index contributed by atoms with van der Waals surface area (Å²) in [5.41, 5.74) is 7.85. The normalized spacial score (nSPS) is 10.9. The van der Waals surface area contributed by atoms with E-state index in [2.05, 4.69) is 43.3 Å². The van der Waals surface area contributed by atoms with E-state index in [0.29, 0.717) is 6.61 Å². The molecule has 1 aromatic heterocycles. The van der Waals surface area contributed by atoms with Crippen molar-refractivity contribution >= 4 is 11.5 Å². The summed E-state index contributed by atoms with van der Waals surface area (Å²) in [6.45, 7) is 7.04. The van der Waals surface area contributed by atoms with E-state index in [0.717, 1.165) is 38.6 Å². The van der Waals surface area contributed by atoms with Crippen LogP contribution in [0.3, 0.4) is 0 Å². The van der Waals surface area contributed by atoms with Gasteiger partial charge in [0.2, 0.25) is 0 Å². The Balaban J connectivity index is 1.53. The molecule has 0 aliphatic rings. The predicted octanol–water partition coefficient (Wildman–Crippen LogP) is 5.65. The highest BCUT2D eigenvalue weighted by Gasteiger charge is 2.13. The molecular weight excluding hydrogens is 434 g/mol. The highest BCUT2D eigenvalue weighted by molar-refractivity contribution is 7.09. The molecule has 3 aromatic carbocycles. The minimum Gasteiger partial charge on any atom is -0.491 e. The summed E-state index contributed by atoms with van der Waals surface area (Å²) in [7, 11) is 0. The van der Waals surface area contributed by atoms with Crippen molar-refractivity contribution in [2.24, 2.45) is 0 Å². The van der Waals surface area contributed by atoms with Gasteiger partial charge in [0.15, 0.2) is 0 Å². The Morgan fingerprint density at radius 1 is 0.909 bits per heavy atom. The lowest BCUT2D eigenvalue weighted by molar-refractivity contribution is 0.201. The van der Waals surface area contributed by atoms with Crippen LogP contribution >= 0.6 is 11.5 Å². The number of H-pyrrole nitrogens is 1. The average molecular weight is 462 g/mol. The molecule has 0 bridgehead atoms. The van der Waals surface area contributed by atoms with Crippen LogP contribution in [0.15, 0.2) is 65.5 Å². The number of hydrogen-bond acceptors (Lipinski definition) is 5. The lowest BCUT2D eigenvalue weighted by Gasteiger charge is -2.18. The van der Waals surface area contributed by atoms with Gasteiger partial charge in [0.25, 0.3) is 5.56 Å². The number of benzene rings is 3. The van der Waals surface area contributed by atoms with Gasteiger partial charge in [-0.25, -0.2) is 0 Å². The van der Waals surface area contributed by atoms with Crippen LogP contribution in [0.25, 0.3) is 21.6 Å². The summed E-state index contributed by atoms with van der Waals surface area (Å²) in [5.74, 6) is 1.56. The second kappa shape index (κ2) is 10.1. The van der Waals surface area contributed by atoms with E-state index in [-0.39, 0.29) is 18.8 Å². The molecule has 0 saturated carbocycles. The van der Waals surface area contributed by atoms with Gasteiger partial charge >= 0.3 is 0 Å². The van der Waals surface area contributed by atoms with E-state index in [4.69, 9.17) is 14.6 Å². The third-order valence-corrected chi connectivity index (χ3v) is 6.52. The maximum absolute atomic E-state index is 11.4. The summed E-state index contributed by atoms with van der Waals surface area (Å²) in [6, 6.07) is 19.7. The Bertz CT molecular complexity index is 1280. The molecule has 6 heteroatoms. The molecule has 0 aliphatic heterocycles. The second-order valence-electron chi connectivity index (χ2n) is 7.98. The summed E-state index contributed by atoms with van der Waals surface area (Å²) in [5, 5.41) is 9.02. The first kappa shape index (κ1) is 22.8. The molecule has 0 unspecified atom stereocenters. The largest absolute Gasteiger partial charge is 0.491 e. The highest BCUT2D eigenvalue weighted by atomic mass is 32.1. The van der Waals surface area contributed by atoms with Gasteiger partial charge < -0.3 is 14.6 Å². The maximum atomic E-state index is 11.4. The van der Waals surface area contributed by atoms with Crippen molar-refractivity contribution in [1.29, 1.82) is 0 Å². The quantitative estimate of drug-likeness (QED) is 0.356. The van der Waals surface area contributed by atoms with Gasteiger partial charge in [-0.15, -0.1) is 0 Å². The van der Waals surface area contributed by atoms with Crippen LogP contribution in [0.2, 0.25) is 0 Å². The number of aliphatic hydroxyl groups is 1. The van der Waals surface area contributed by atoms with E-state index in [1.54, 1.807) is 6.07 Å². The maximum Gasteiger partial charge on any atom is 0.258 e. The van der Waals surface area contributed by atoms with Gasteiger partial charge in [0.05, 0.1) is 11.5 Å². The molecule has 0 amide bonds. The highest BCUT2D eigenvalue weighted by Crippen LogP contribution is 2.34. The zero-order valence-corrected chi connectivity index (χ0v) is 19.8. The molecule has 0 aliphatic carbocycles. The Morgan fingerprint density at radius 3 is 2.27 bits per heavy atom. The number of nitrogens with one attached hydrogen (secondary N) is 1. The van der Waals surface area contributed by atoms with Crippen LogP contribution < -0.4 is 15.0 Å². The number of aromatic nitrogens is 1. The fraction of sp³-hybridized carbons (Fsp3) is 0.222. The standard InChI is InChI=1S/C27H27NO4S/c1-17-13-23(31-12-11-29)14-18(2)27(17)24-6-4-5-21(19(24)3)16-32-22-9-7-20(8-10-22)25-15-26(30)28-33-25/h4-10,13-15,29H,11-12,16H2,1-3H3,(H,28,30). The molecule has 1 heterocycles. The first-order chi connectivity index (χ1) is 16.0. The van der Waals surface area contributed by atoms with E-state index in [9.17, 15) is 4.79 Å². The summed E-state index contributed by atoms with van der Waals surface area (Å²) >= 11 is 1.33. The van der Waals surface area contributed by atoms with E-state index in [1.807, 2.05) is 36.4 Å². The van der Waals surface area contributed by atoms with Crippen LogP contribution in [-0.2, 0) is 6.61 Å². The van der Waals surface area contributed by atoms with Crippen molar-refractivity contribution in [2.45, 2.75) is 27.4 Å². The van der Waals surface area contributed by atoms with E-state index in [1.165, 1.54) is 28.2 Å². The third-order valence-electron chi connectivity index (χ3n) is 5.64. The van der Waals surface area contributed by atoms with Crippen molar-refractivity contribution in [2.75, 3.05) is 13.2 Å². The Kier molecular flexibility index (Phi) is 6.96. The van der Waals surface area contributed by atoms with Crippen LogP contribution in [0, 0.1) is 20.8 Å². The molecule has 33 heavy (non-hydrogen) atoms. The van der Waals surface area contributed by atoms with Gasteiger partial charge in [-0.2, -0.15) is 0 Å².